The summed E-state index contributed by atoms with van der Waals surface area (Å²) in [4.78, 5) is 0. The summed E-state index contributed by atoms with van der Waals surface area (Å²) in [6, 6.07) is 0. The fraction of sp³-hybridized carbons (Fsp3) is 0.625. The maximum absolute atomic E-state index is 5.78. The molecular weight excluding hydrogens is 192 g/mol. The van der Waals surface area contributed by atoms with E-state index >= 15 is 0 Å². The topological polar surface area (TPSA) is 0 Å². The van der Waals surface area contributed by atoms with Gasteiger partial charge < -0.3 is 0 Å². The van der Waals surface area contributed by atoms with Gasteiger partial charge >= 0.3 is 0 Å². The van der Waals surface area contributed by atoms with Gasteiger partial charge in [-0.05, 0) is 25.2 Å². The van der Waals surface area contributed by atoms with Crippen LogP contribution >= 0.6 is 0 Å². The minimum absolute atomic E-state index is 0.0482. The highest BCUT2D eigenvalue weighted by molar-refractivity contribution is 5.13. The largest absolute Gasteiger partial charge is 0.119 e. The van der Waals surface area contributed by atoms with E-state index in [-0.39, 0.29) is 5.41 Å². The molecule has 0 aliphatic carbocycles. The summed E-state index contributed by atoms with van der Waals surface area (Å²) in [5.41, 5.74) is -0.0482. The molecule has 0 saturated heterocycles. The molecule has 0 amide bonds. The van der Waals surface area contributed by atoms with Crippen LogP contribution in [0.4, 0.5) is 0 Å². The second-order valence-electron chi connectivity index (χ2n) is 4.53. The maximum atomic E-state index is 5.78. The second kappa shape index (κ2) is 8.22. The SMILES string of the molecule is C#CC(CC=C)(CC=C)C(CC)CCCC. The van der Waals surface area contributed by atoms with Gasteiger partial charge in [-0.1, -0.05) is 51.2 Å². The normalized spacial score (nSPS) is 12.8. The fourth-order valence-corrected chi connectivity index (χ4v) is 2.49. The molecule has 1 atom stereocenters. The Morgan fingerprint density at radius 3 is 2.12 bits per heavy atom. The lowest BCUT2D eigenvalue weighted by atomic mass is 9.68. The van der Waals surface area contributed by atoms with E-state index < -0.39 is 0 Å². The molecule has 1 unspecified atom stereocenters. The van der Waals surface area contributed by atoms with Crippen molar-refractivity contribution in [1.82, 2.24) is 0 Å². The van der Waals surface area contributed by atoms with Gasteiger partial charge in [-0.15, -0.1) is 19.6 Å². The molecule has 0 aromatic heterocycles. The first-order chi connectivity index (χ1) is 7.70. The van der Waals surface area contributed by atoms with Crippen LogP contribution in [-0.2, 0) is 0 Å². The van der Waals surface area contributed by atoms with Crippen LogP contribution in [0.15, 0.2) is 25.3 Å². The Bertz CT molecular complexity index is 231. The number of hydrogen-bond donors (Lipinski definition) is 0. The first-order valence-electron chi connectivity index (χ1n) is 6.40. The summed E-state index contributed by atoms with van der Waals surface area (Å²) in [6.07, 6.45) is 16.4. The molecule has 0 radical (unpaired) electrons. The summed E-state index contributed by atoms with van der Waals surface area (Å²) < 4.78 is 0. The third-order valence-electron chi connectivity index (χ3n) is 3.49. The summed E-state index contributed by atoms with van der Waals surface area (Å²) in [5.74, 6) is 3.63. The van der Waals surface area contributed by atoms with Gasteiger partial charge in [-0.2, -0.15) is 0 Å². The van der Waals surface area contributed by atoms with E-state index in [1.165, 1.54) is 19.3 Å². The number of unbranched alkanes of at least 4 members (excludes halogenated alkanes) is 1. The van der Waals surface area contributed by atoms with Crippen molar-refractivity contribution in [3.8, 4) is 12.3 Å². The lowest BCUT2D eigenvalue weighted by molar-refractivity contribution is 0.220. The molecule has 0 fully saturated rings. The van der Waals surface area contributed by atoms with Crippen LogP contribution in [0, 0.1) is 23.7 Å². The molecule has 0 spiro atoms. The molecule has 0 aromatic carbocycles. The van der Waals surface area contributed by atoms with Crippen LogP contribution in [0.1, 0.15) is 52.4 Å². The Morgan fingerprint density at radius 2 is 1.81 bits per heavy atom. The summed E-state index contributed by atoms with van der Waals surface area (Å²) >= 11 is 0. The van der Waals surface area contributed by atoms with Crippen molar-refractivity contribution in [1.29, 1.82) is 0 Å². The molecule has 0 rings (SSSR count). The zero-order chi connectivity index (χ0) is 12.4. The Balaban J connectivity index is 4.85. The van der Waals surface area contributed by atoms with Gasteiger partial charge in [0.05, 0.1) is 0 Å². The minimum Gasteiger partial charge on any atom is -0.119 e. The molecule has 0 nitrogen and oxygen atoms in total. The van der Waals surface area contributed by atoms with Crippen LogP contribution in [0.5, 0.6) is 0 Å². The van der Waals surface area contributed by atoms with Gasteiger partial charge in [-0.25, -0.2) is 0 Å². The van der Waals surface area contributed by atoms with E-state index in [2.05, 4.69) is 32.9 Å². The molecule has 0 aliphatic heterocycles. The van der Waals surface area contributed by atoms with Crippen molar-refractivity contribution in [3.05, 3.63) is 25.3 Å². The van der Waals surface area contributed by atoms with Gasteiger partial charge in [0.1, 0.15) is 0 Å². The van der Waals surface area contributed by atoms with Crippen LogP contribution in [-0.4, -0.2) is 0 Å². The van der Waals surface area contributed by atoms with Gasteiger partial charge in [0.2, 0.25) is 0 Å². The Kier molecular flexibility index (Phi) is 7.73. The van der Waals surface area contributed by atoms with Gasteiger partial charge in [-0.3, -0.25) is 0 Å². The predicted molar refractivity (Wildman–Crippen MR) is 74.2 cm³/mol. The quantitative estimate of drug-likeness (QED) is 0.378. The van der Waals surface area contributed by atoms with Crippen molar-refractivity contribution in [2.24, 2.45) is 11.3 Å². The average molecular weight is 218 g/mol. The average Bonchev–Trinajstić information content (AvgIpc) is 2.30. The van der Waals surface area contributed by atoms with Crippen LogP contribution in [0.25, 0.3) is 0 Å². The third-order valence-corrected chi connectivity index (χ3v) is 3.49. The van der Waals surface area contributed by atoms with Gasteiger partial charge in [0, 0.05) is 5.41 Å². The first kappa shape index (κ1) is 15.0. The zero-order valence-corrected chi connectivity index (χ0v) is 11.0. The monoisotopic (exact) mass is 218 g/mol. The predicted octanol–water partition coefficient (Wildman–Crippen LogP) is 4.97. The van der Waals surface area contributed by atoms with Crippen molar-refractivity contribution in [2.75, 3.05) is 0 Å². The number of terminal acetylenes is 1. The number of rotatable bonds is 9. The summed E-state index contributed by atoms with van der Waals surface area (Å²) in [7, 11) is 0. The highest BCUT2D eigenvalue weighted by Gasteiger charge is 2.33. The molecule has 0 N–H and O–H groups in total. The van der Waals surface area contributed by atoms with Crippen LogP contribution in [0.3, 0.4) is 0 Å². The second-order valence-corrected chi connectivity index (χ2v) is 4.53. The van der Waals surface area contributed by atoms with Crippen LogP contribution in [0.2, 0.25) is 0 Å². The molecule has 0 aliphatic rings. The maximum Gasteiger partial charge on any atom is 0.0408 e. The molecule has 90 valence electrons. The lowest BCUT2D eigenvalue weighted by Gasteiger charge is -2.35. The Morgan fingerprint density at radius 1 is 1.25 bits per heavy atom. The highest BCUT2D eigenvalue weighted by atomic mass is 14.4. The Labute approximate surface area is 102 Å². The highest BCUT2D eigenvalue weighted by Crippen LogP contribution is 2.40. The molecule has 0 bridgehead atoms. The number of allylic oxidation sites excluding steroid dienone is 2. The molecule has 0 saturated carbocycles. The smallest absolute Gasteiger partial charge is 0.0408 e. The van der Waals surface area contributed by atoms with Crippen molar-refractivity contribution < 1.29 is 0 Å². The third kappa shape index (κ3) is 3.89. The van der Waals surface area contributed by atoms with E-state index in [4.69, 9.17) is 6.42 Å². The van der Waals surface area contributed by atoms with E-state index in [0.29, 0.717) is 5.92 Å². The van der Waals surface area contributed by atoms with E-state index in [0.717, 1.165) is 19.3 Å². The summed E-state index contributed by atoms with van der Waals surface area (Å²) in [6.45, 7) is 12.1. The first-order valence-corrected chi connectivity index (χ1v) is 6.40. The molecule has 16 heavy (non-hydrogen) atoms. The summed E-state index contributed by atoms with van der Waals surface area (Å²) in [5, 5.41) is 0. The Hall–Kier alpha value is -0.960. The van der Waals surface area contributed by atoms with Gasteiger partial charge in [0.15, 0.2) is 0 Å². The van der Waals surface area contributed by atoms with E-state index in [9.17, 15) is 0 Å². The molecule has 0 aromatic rings. The van der Waals surface area contributed by atoms with E-state index in [1.54, 1.807) is 0 Å². The van der Waals surface area contributed by atoms with Crippen molar-refractivity contribution in [3.63, 3.8) is 0 Å². The standard InChI is InChI=1S/C16H26/c1-6-11-12-15(9-4)16(10-5,13-7-2)14-8-3/h5,7-8,15H,2-3,6,9,11-14H2,1,4H3. The molecule has 0 heteroatoms. The number of hydrogen-bond acceptors (Lipinski definition) is 0. The van der Waals surface area contributed by atoms with Gasteiger partial charge in [0.25, 0.3) is 0 Å². The van der Waals surface area contributed by atoms with Crippen molar-refractivity contribution >= 4 is 0 Å². The zero-order valence-electron chi connectivity index (χ0n) is 11.0. The lowest BCUT2D eigenvalue weighted by Crippen LogP contribution is -2.28. The molecular formula is C16H26. The molecule has 0 heterocycles. The van der Waals surface area contributed by atoms with Crippen molar-refractivity contribution in [2.45, 2.75) is 52.4 Å². The fourth-order valence-electron chi connectivity index (χ4n) is 2.49. The van der Waals surface area contributed by atoms with Crippen LogP contribution < -0.4 is 0 Å². The minimum atomic E-state index is -0.0482. The van der Waals surface area contributed by atoms with E-state index in [1.807, 2.05) is 12.2 Å².